The van der Waals surface area contributed by atoms with Gasteiger partial charge in [-0.3, -0.25) is 4.98 Å². The van der Waals surface area contributed by atoms with E-state index in [1.807, 2.05) is 18.5 Å². The smallest absolute Gasteiger partial charge is 0.0783 e. The third kappa shape index (κ3) is 2.65. The zero-order chi connectivity index (χ0) is 25.5. The lowest BCUT2D eigenvalue weighted by Crippen LogP contribution is -2.18. The maximum atomic E-state index is 4.45. The number of pyridine rings is 1. The van der Waals surface area contributed by atoms with Crippen LogP contribution in [-0.2, 0) is 0 Å². The van der Waals surface area contributed by atoms with E-state index >= 15 is 0 Å². The minimum atomic E-state index is 1.06. The van der Waals surface area contributed by atoms with Gasteiger partial charge in [-0.15, -0.1) is 0 Å². The summed E-state index contributed by atoms with van der Waals surface area (Å²) in [4.78, 5) is 6.79. The van der Waals surface area contributed by atoms with Crippen molar-refractivity contribution in [1.82, 2.24) is 14.1 Å². The van der Waals surface area contributed by atoms with Gasteiger partial charge in [-0.25, -0.2) is 0 Å². The first-order valence-electron chi connectivity index (χ1n) is 13.2. The number of benzene rings is 5. The minimum Gasteiger partial charge on any atom is -0.309 e. The summed E-state index contributed by atoms with van der Waals surface area (Å²) in [6, 6.07) is 43.6. The molecule has 0 amide bonds. The molecule has 9 rings (SSSR count). The van der Waals surface area contributed by atoms with Gasteiger partial charge in [0, 0.05) is 33.4 Å². The van der Waals surface area contributed by atoms with Gasteiger partial charge in [0.05, 0.1) is 51.0 Å². The molecule has 0 bridgehead atoms. The number of rotatable bonds is 2. The van der Waals surface area contributed by atoms with Gasteiger partial charge in [-0.1, -0.05) is 60.7 Å². The number of hydrogen-bond acceptors (Lipinski definition) is 2. The van der Waals surface area contributed by atoms with Crippen LogP contribution < -0.4 is 4.90 Å². The van der Waals surface area contributed by atoms with Crippen LogP contribution in [0, 0.1) is 0 Å². The summed E-state index contributed by atoms with van der Waals surface area (Å²) in [5.74, 6) is 0. The molecule has 1 aliphatic heterocycles. The molecular weight excluding hydrogens is 476 g/mol. The minimum absolute atomic E-state index is 1.06. The Bertz CT molecular complexity index is 2220. The van der Waals surface area contributed by atoms with E-state index in [0.29, 0.717) is 0 Å². The predicted molar refractivity (Wildman–Crippen MR) is 161 cm³/mol. The summed E-state index contributed by atoms with van der Waals surface area (Å²) in [5.41, 5.74) is 10.6. The first-order valence-corrected chi connectivity index (χ1v) is 13.2. The van der Waals surface area contributed by atoms with Crippen LogP contribution in [0.25, 0.3) is 55.0 Å². The zero-order valence-electron chi connectivity index (χ0n) is 21.0. The Labute approximate surface area is 224 Å². The van der Waals surface area contributed by atoms with E-state index < -0.39 is 0 Å². The Morgan fingerprint density at radius 2 is 1.10 bits per heavy atom. The Hall–Kier alpha value is -5.35. The van der Waals surface area contributed by atoms with Crippen LogP contribution in [0.2, 0.25) is 0 Å². The second kappa shape index (κ2) is 7.59. The SMILES string of the molecule is c1ccc(-n2c3ccccc3c3c4c5cccc6c5n(c4ccc32)-c2ccccc2N6c2cccnc2)cc1. The maximum absolute atomic E-state index is 4.45. The molecule has 0 radical (unpaired) electrons. The average molecular weight is 499 g/mol. The number of anilines is 3. The number of hydrogen-bond donors (Lipinski definition) is 0. The fourth-order valence-electron chi connectivity index (χ4n) is 6.62. The quantitative estimate of drug-likeness (QED) is 0.238. The highest BCUT2D eigenvalue weighted by Crippen LogP contribution is 2.51. The summed E-state index contributed by atoms with van der Waals surface area (Å²) in [6.45, 7) is 0. The summed E-state index contributed by atoms with van der Waals surface area (Å²) in [7, 11) is 0. The molecule has 0 saturated heterocycles. The second-order valence-corrected chi connectivity index (χ2v) is 10.1. The molecule has 39 heavy (non-hydrogen) atoms. The Morgan fingerprint density at radius 1 is 0.436 bits per heavy atom. The molecule has 0 N–H and O–H groups in total. The van der Waals surface area contributed by atoms with Gasteiger partial charge in [0.15, 0.2) is 0 Å². The Kier molecular flexibility index (Phi) is 4.02. The van der Waals surface area contributed by atoms with Crippen molar-refractivity contribution in [3.05, 3.63) is 134 Å². The van der Waals surface area contributed by atoms with Crippen molar-refractivity contribution in [1.29, 1.82) is 0 Å². The number of fused-ring (bicyclic) bond motifs is 9. The second-order valence-electron chi connectivity index (χ2n) is 10.1. The van der Waals surface area contributed by atoms with Crippen LogP contribution in [-0.4, -0.2) is 14.1 Å². The van der Waals surface area contributed by atoms with Gasteiger partial charge in [0.2, 0.25) is 0 Å². The van der Waals surface area contributed by atoms with Crippen LogP contribution in [0.4, 0.5) is 17.1 Å². The van der Waals surface area contributed by atoms with E-state index in [0.717, 1.165) is 17.1 Å². The van der Waals surface area contributed by atoms with Crippen molar-refractivity contribution in [3.63, 3.8) is 0 Å². The van der Waals surface area contributed by atoms with Gasteiger partial charge >= 0.3 is 0 Å². The largest absolute Gasteiger partial charge is 0.309 e. The number of nitrogens with zero attached hydrogens (tertiary/aromatic N) is 4. The van der Waals surface area contributed by atoms with E-state index in [9.17, 15) is 0 Å². The van der Waals surface area contributed by atoms with Crippen molar-refractivity contribution in [3.8, 4) is 11.4 Å². The summed E-state index contributed by atoms with van der Waals surface area (Å²) < 4.78 is 4.85. The molecule has 182 valence electrons. The molecule has 4 heteroatoms. The van der Waals surface area contributed by atoms with E-state index in [1.165, 1.54) is 55.0 Å². The van der Waals surface area contributed by atoms with E-state index in [1.54, 1.807) is 0 Å². The lowest BCUT2D eigenvalue weighted by atomic mass is 10.0. The monoisotopic (exact) mass is 498 g/mol. The van der Waals surface area contributed by atoms with Crippen molar-refractivity contribution in [2.75, 3.05) is 4.90 Å². The molecule has 4 heterocycles. The van der Waals surface area contributed by atoms with Crippen LogP contribution in [0.15, 0.2) is 134 Å². The van der Waals surface area contributed by atoms with Crippen molar-refractivity contribution >= 4 is 60.7 Å². The average Bonchev–Trinajstić information content (AvgIpc) is 3.52. The van der Waals surface area contributed by atoms with Gasteiger partial charge in [0.1, 0.15) is 0 Å². The zero-order valence-corrected chi connectivity index (χ0v) is 21.0. The molecular formula is C35H22N4. The highest BCUT2D eigenvalue weighted by Gasteiger charge is 2.29. The normalized spacial score (nSPS) is 12.6. The van der Waals surface area contributed by atoms with Gasteiger partial charge < -0.3 is 14.0 Å². The first-order chi connectivity index (χ1) is 19.4. The van der Waals surface area contributed by atoms with Crippen molar-refractivity contribution in [2.24, 2.45) is 0 Å². The lowest BCUT2D eigenvalue weighted by Gasteiger charge is -2.32. The fourth-order valence-corrected chi connectivity index (χ4v) is 6.62. The van der Waals surface area contributed by atoms with Gasteiger partial charge in [0.25, 0.3) is 0 Å². The summed E-state index contributed by atoms with van der Waals surface area (Å²) in [5, 5.41) is 5.11. The molecule has 0 aliphatic carbocycles. The molecule has 8 aromatic rings. The first kappa shape index (κ1) is 20.7. The van der Waals surface area contributed by atoms with Crippen LogP contribution in [0.1, 0.15) is 0 Å². The molecule has 3 aromatic heterocycles. The standard InChI is InChI=1S/C35H22N4/c1-2-10-23(11-3-1)37-27-15-5-4-13-25(27)33-30(37)19-20-31-34(33)26-14-8-18-32-35(26)39(31)29-17-7-6-16-28(29)38(32)24-12-9-21-36-22-24/h1-22H. The van der Waals surface area contributed by atoms with E-state index in [-0.39, 0.29) is 0 Å². The molecule has 0 spiro atoms. The highest BCUT2D eigenvalue weighted by atomic mass is 15.2. The molecule has 0 saturated carbocycles. The fraction of sp³-hybridized carbons (Fsp3) is 0. The Balaban J connectivity index is 1.50. The van der Waals surface area contributed by atoms with Crippen LogP contribution in [0.3, 0.4) is 0 Å². The van der Waals surface area contributed by atoms with Crippen LogP contribution in [0.5, 0.6) is 0 Å². The van der Waals surface area contributed by atoms with Gasteiger partial charge in [-0.2, -0.15) is 0 Å². The topological polar surface area (TPSA) is 26.0 Å². The molecule has 1 aliphatic rings. The maximum Gasteiger partial charge on any atom is 0.0783 e. The molecule has 0 atom stereocenters. The Morgan fingerprint density at radius 3 is 1.95 bits per heavy atom. The number of aromatic nitrogens is 3. The number of para-hydroxylation sites is 5. The summed E-state index contributed by atoms with van der Waals surface area (Å²) >= 11 is 0. The van der Waals surface area contributed by atoms with E-state index in [2.05, 4.69) is 134 Å². The van der Waals surface area contributed by atoms with E-state index in [4.69, 9.17) is 0 Å². The van der Waals surface area contributed by atoms with Crippen LogP contribution >= 0.6 is 0 Å². The molecule has 4 nitrogen and oxygen atoms in total. The van der Waals surface area contributed by atoms with Crippen molar-refractivity contribution < 1.29 is 0 Å². The predicted octanol–water partition coefficient (Wildman–Crippen LogP) is 9.06. The molecule has 0 fully saturated rings. The summed E-state index contributed by atoms with van der Waals surface area (Å²) in [6.07, 6.45) is 3.77. The lowest BCUT2D eigenvalue weighted by molar-refractivity contribution is 1.11. The van der Waals surface area contributed by atoms with Crippen molar-refractivity contribution in [2.45, 2.75) is 0 Å². The van der Waals surface area contributed by atoms with Gasteiger partial charge in [-0.05, 0) is 60.7 Å². The molecule has 5 aromatic carbocycles. The third-order valence-corrected chi connectivity index (χ3v) is 8.09. The highest BCUT2D eigenvalue weighted by molar-refractivity contribution is 6.30. The molecule has 0 unspecified atom stereocenters. The third-order valence-electron chi connectivity index (χ3n) is 8.09.